The molecule has 0 aliphatic carbocycles. The number of nitrogens with zero attached hydrogens (tertiary/aromatic N) is 1. The number of hydrogen-bond donors (Lipinski definition) is 3. The fourth-order valence-corrected chi connectivity index (χ4v) is 3.76. The van der Waals surface area contributed by atoms with Crippen LogP contribution in [0.5, 0.6) is 5.75 Å². The second-order valence-electron chi connectivity index (χ2n) is 8.10. The molecule has 0 unspecified atom stereocenters. The zero-order valence-electron chi connectivity index (χ0n) is 19.7. The second-order valence-corrected chi connectivity index (χ2v) is 8.10. The number of hydrogen-bond acceptors (Lipinski definition) is 5. The molecule has 7 heteroatoms. The summed E-state index contributed by atoms with van der Waals surface area (Å²) >= 11 is 0. The summed E-state index contributed by atoms with van der Waals surface area (Å²) < 4.78 is 0. The smallest absolute Gasteiger partial charge is 0.147 e. The van der Waals surface area contributed by atoms with Crippen LogP contribution in [0.2, 0.25) is 0 Å². The van der Waals surface area contributed by atoms with E-state index in [1.54, 1.807) is 0 Å². The third kappa shape index (κ3) is 9.26. The van der Waals surface area contributed by atoms with Crippen LogP contribution in [-0.4, -0.2) is 40.8 Å². The van der Waals surface area contributed by atoms with E-state index < -0.39 is 12.2 Å². The van der Waals surface area contributed by atoms with Crippen molar-refractivity contribution in [2.24, 2.45) is 0 Å². The Bertz CT molecular complexity index is 867. The maximum Gasteiger partial charge on any atom is 0.147 e. The van der Waals surface area contributed by atoms with Crippen molar-refractivity contribution < 1.29 is 15.1 Å². The minimum absolute atomic E-state index is 0. The maximum absolute atomic E-state index is 10.9. The molecule has 186 valence electrons. The van der Waals surface area contributed by atoms with Crippen LogP contribution in [0.25, 0.3) is 0 Å². The molecule has 5 nitrogen and oxygen atoms in total. The highest BCUT2D eigenvalue weighted by molar-refractivity contribution is 5.85. The number of hydroxylamine groups is 1. The van der Waals surface area contributed by atoms with Gasteiger partial charge in [0.2, 0.25) is 0 Å². The van der Waals surface area contributed by atoms with Gasteiger partial charge in [0.05, 0.1) is 12.2 Å². The van der Waals surface area contributed by atoms with E-state index in [-0.39, 0.29) is 30.9 Å². The van der Waals surface area contributed by atoms with Crippen molar-refractivity contribution in [3.63, 3.8) is 0 Å². The van der Waals surface area contributed by atoms with Crippen LogP contribution < -0.4 is 10.3 Å². The molecular formula is C27H36Cl2N2O3. The summed E-state index contributed by atoms with van der Waals surface area (Å²) in [4.78, 5) is 7.60. The van der Waals surface area contributed by atoms with E-state index in [1.807, 2.05) is 79.7 Å². The van der Waals surface area contributed by atoms with Gasteiger partial charge in [0.15, 0.2) is 0 Å². The molecule has 3 aromatic carbocycles. The van der Waals surface area contributed by atoms with Crippen LogP contribution >= 0.6 is 24.8 Å². The number of nitrogens with one attached hydrogen (secondary N) is 1. The average Bonchev–Trinajstić information content (AvgIpc) is 2.84. The molecule has 0 amide bonds. The van der Waals surface area contributed by atoms with Gasteiger partial charge in [-0.1, -0.05) is 72.8 Å². The lowest BCUT2D eigenvalue weighted by atomic mass is 10.0. The summed E-state index contributed by atoms with van der Waals surface area (Å²) in [5.74, 6) is 0.777. The van der Waals surface area contributed by atoms with E-state index in [1.165, 1.54) is 5.56 Å². The largest absolute Gasteiger partial charge is 0.409 e. The van der Waals surface area contributed by atoms with Crippen LogP contribution in [0.15, 0.2) is 84.9 Å². The molecule has 3 atom stereocenters. The molecule has 0 heterocycles. The molecule has 0 saturated heterocycles. The zero-order chi connectivity index (χ0) is 22.8. The van der Waals surface area contributed by atoms with E-state index in [2.05, 4.69) is 29.4 Å². The summed E-state index contributed by atoms with van der Waals surface area (Å²) in [5.41, 5.74) is 5.79. The summed E-state index contributed by atoms with van der Waals surface area (Å²) in [6.07, 6.45) is -0.458. The molecule has 0 radical (unpaired) electrons. The Morgan fingerprint density at radius 3 is 1.68 bits per heavy atom. The van der Waals surface area contributed by atoms with E-state index in [9.17, 15) is 10.2 Å². The molecule has 34 heavy (non-hydrogen) atoms. The van der Waals surface area contributed by atoms with Gasteiger partial charge in [0, 0.05) is 25.7 Å². The summed E-state index contributed by atoms with van der Waals surface area (Å²) in [7, 11) is 0. The van der Waals surface area contributed by atoms with E-state index in [0.717, 1.165) is 29.8 Å². The fraction of sp³-hybridized carbons (Fsp3) is 0.333. The standard InChI is InChI=1S/C27H34N2O3.2ClH/c1-3-28-32-25-16-14-22(15-17-25)18-21(2)29(19-26(30)23-10-6-4-7-11-23)20-27(31)24-12-8-5-9-13-24;;/h4-17,21,26-28,30-31H,3,18-20H2,1-2H3;2*1H/t21-,26+,27+;;/m1../s1. The lowest BCUT2D eigenvalue weighted by Crippen LogP contribution is -2.40. The second kappa shape index (κ2) is 15.7. The SMILES string of the molecule is CCNOc1ccc(C[C@@H](C)N(C[C@H](O)c2ccccc2)C[C@H](O)c2ccccc2)cc1.Cl.Cl. The van der Waals surface area contributed by atoms with Gasteiger partial charge >= 0.3 is 0 Å². The Hall–Kier alpha value is -2.12. The van der Waals surface area contributed by atoms with Crippen LogP contribution in [0.4, 0.5) is 0 Å². The van der Waals surface area contributed by atoms with Crippen molar-refractivity contribution in [2.45, 2.75) is 38.5 Å². The van der Waals surface area contributed by atoms with Crippen LogP contribution in [0.1, 0.15) is 42.7 Å². The third-order valence-electron chi connectivity index (χ3n) is 5.60. The fourth-order valence-electron chi connectivity index (χ4n) is 3.76. The molecule has 0 bridgehead atoms. The first-order chi connectivity index (χ1) is 15.6. The quantitative estimate of drug-likeness (QED) is 0.297. The summed E-state index contributed by atoms with van der Waals surface area (Å²) in [5, 5.41) is 21.7. The van der Waals surface area contributed by atoms with Crippen LogP contribution in [0, 0.1) is 0 Å². The van der Waals surface area contributed by atoms with Gasteiger partial charge in [-0.25, -0.2) is 0 Å². The molecule has 0 spiro atoms. The number of aliphatic hydroxyl groups is 2. The maximum atomic E-state index is 10.9. The van der Waals surface area contributed by atoms with Gasteiger partial charge in [-0.2, -0.15) is 5.48 Å². The summed E-state index contributed by atoms with van der Waals surface area (Å²) in [6, 6.07) is 27.5. The van der Waals surface area contributed by atoms with Crippen molar-refractivity contribution in [1.29, 1.82) is 0 Å². The van der Waals surface area contributed by atoms with Gasteiger partial charge in [-0.15, -0.1) is 24.8 Å². The highest BCUT2D eigenvalue weighted by Gasteiger charge is 2.22. The van der Waals surface area contributed by atoms with Gasteiger partial charge < -0.3 is 15.1 Å². The molecule has 0 saturated carbocycles. The van der Waals surface area contributed by atoms with Gasteiger partial charge in [0.25, 0.3) is 0 Å². The molecule has 0 aliphatic rings. The molecule has 0 fully saturated rings. The molecular weight excluding hydrogens is 471 g/mol. The number of halogens is 2. The zero-order valence-corrected chi connectivity index (χ0v) is 21.3. The first-order valence-electron chi connectivity index (χ1n) is 11.3. The van der Waals surface area contributed by atoms with Crippen molar-refractivity contribution >= 4 is 24.8 Å². The van der Waals surface area contributed by atoms with Gasteiger partial charge in [-0.05, 0) is 49.1 Å². The predicted octanol–water partition coefficient (Wildman–Crippen LogP) is 5.13. The van der Waals surface area contributed by atoms with Crippen LogP contribution in [0.3, 0.4) is 0 Å². The Morgan fingerprint density at radius 2 is 1.24 bits per heavy atom. The first kappa shape index (κ1) is 29.9. The molecule has 3 rings (SSSR count). The Labute approximate surface area is 215 Å². The normalized spacial score (nSPS) is 13.3. The van der Waals surface area contributed by atoms with Crippen molar-refractivity contribution in [1.82, 2.24) is 10.4 Å². The monoisotopic (exact) mass is 506 g/mol. The van der Waals surface area contributed by atoms with Crippen molar-refractivity contribution in [3.05, 3.63) is 102 Å². The molecule has 3 aromatic rings. The topological polar surface area (TPSA) is 65.0 Å². The van der Waals surface area contributed by atoms with E-state index in [0.29, 0.717) is 13.1 Å². The van der Waals surface area contributed by atoms with Gasteiger partial charge in [-0.3, -0.25) is 4.90 Å². The summed E-state index contributed by atoms with van der Waals surface area (Å²) in [6.45, 7) is 5.74. The number of aliphatic hydroxyl groups excluding tert-OH is 2. The van der Waals surface area contributed by atoms with E-state index >= 15 is 0 Å². The lowest BCUT2D eigenvalue weighted by molar-refractivity contribution is 0.0480. The Balaban J connectivity index is 0.00000289. The lowest BCUT2D eigenvalue weighted by Gasteiger charge is -2.33. The number of benzene rings is 3. The highest BCUT2D eigenvalue weighted by Crippen LogP contribution is 2.22. The Morgan fingerprint density at radius 1 is 0.765 bits per heavy atom. The van der Waals surface area contributed by atoms with E-state index in [4.69, 9.17) is 4.84 Å². The molecule has 0 aromatic heterocycles. The average molecular weight is 508 g/mol. The minimum atomic E-state index is -0.627. The molecule has 3 N–H and O–H groups in total. The predicted molar refractivity (Wildman–Crippen MR) is 143 cm³/mol. The third-order valence-corrected chi connectivity index (χ3v) is 5.60. The minimum Gasteiger partial charge on any atom is -0.409 e. The number of rotatable bonds is 12. The van der Waals surface area contributed by atoms with Crippen molar-refractivity contribution in [2.75, 3.05) is 19.6 Å². The Kier molecular flexibility index (Phi) is 13.8. The van der Waals surface area contributed by atoms with Gasteiger partial charge in [0.1, 0.15) is 5.75 Å². The van der Waals surface area contributed by atoms with Crippen molar-refractivity contribution in [3.8, 4) is 5.75 Å². The first-order valence-corrected chi connectivity index (χ1v) is 11.3. The molecule has 0 aliphatic heterocycles. The highest BCUT2D eigenvalue weighted by atomic mass is 35.5. The van der Waals surface area contributed by atoms with Crippen LogP contribution in [-0.2, 0) is 6.42 Å².